The summed E-state index contributed by atoms with van der Waals surface area (Å²) in [6.07, 6.45) is 2.27. The molecule has 0 heterocycles. The molecule has 1 aliphatic carbocycles. The fourth-order valence-corrected chi connectivity index (χ4v) is 2.57. The van der Waals surface area contributed by atoms with Crippen molar-refractivity contribution in [3.63, 3.8) is 0 Å². The van der Waals surface area contributed by atoms with Crippen LogP contribution in [-0.4, -0.2) is 36.5 Å². The lowest BCUT2D eigenvalue weighted by molar-refractivity contribution is -0.124. The molecule has 1 aromatic carbocycles. The number of nitrogens with zero attached hydrogens (tertiary/aromatic N) is 1. The van der Waals surface area contributed by atoms with Crippen LogP contribution in [0.3, 0.4) is 0 Å². The number of carbonyl (C=O) groups is 3. The van der Waals surface area contributed by atoms with Crippen molar-refractivity contribution in [3.05, 3.63) is 41.6 Å². The molecule has 1 amide bonds. The van der Waals surface area contributed by atoms with Gasteiger partial charge >= 0.3 is 0 Å². The van der Waals surface area contributed by atoms with Crippen molar-refractivity contribution >= 4 is 23.2 Å². The van der Waals surface area contributed by atoms with E-state index in [0.717, 1.165) is 5.56 Å². The van der Waals surface area contributed by atoms with Gasteiger partial charge in [0, 0.05) is 45.7 Å². The molecule has 1 saturated carbocycles. The van der Waals surface area contributed by atoms with E-state index in [4.69, 9.17) is 0 Å². The molecule has 116 valence electrons. The highest BCUT2D eigenvalue weighted by Gasteiger charge is 2.31. The van der Waals surface area contributed by atoms with E-state index in [2.05, 4.69) is 5.32 Å². The Balaban J connectivity index is 2.14. The van der Waals surface area contributed by atoms with Gasteiger partial charge in [0.2, 0.25) is 5.91 Å². The van der Waals surface area contributed by atoms with Crippen LogP contribution in [-0.2, 0) is 14.4 Å². The fourth-order valence-electron chi connectivity index (χ4n) is 2.57. The van der Waals surface area contributed by atoms with Crippen LogP contribution in [0.15, 0.2) is 36.0 Å². The molecule has 0 spiro atoms. The summed E-state index contributed by atoms with van der Waals surface area (Å²) in [4.78, 5) is 37.0. The van der Waals surface area contributed by atoms with Gasteiger partial charge in [-0.05, 0) is 23.6 Å². The summed E-state index contributed by atoms with van der Waals surface area (Å²) in [5.41, 5.74) is 1.94. The molecule has 5 heteroatoms. The maximum atomic E-state index is 12.2. The zero-order valence-corrected chi connectivity index (χ0v) is 13.1. The minimum atomic E-state index is -0.130. The van der Waals surface area contributed by atoms with Crippen molar-refractivity contribution < 1.29 is 14.4 Å². The van der Waals surface area contributed by atoms with Gasteiger partial charge in [0.15, 0.2) is 11.6 Å². The summed E-state index contributed by atoms with van der Waals surface area (Å²) in [6.45, 7) is 1.45. The molecule has 1 aromatic rings. The maximum Gasteiger partial charge on any atom is 0.221 e. The van der Waals surface area contributed by atoms with Crippen molar-refractivity contribution in [1.29, 1.82) is 0 Å². The average molecular weight is 300 g/mol. The first-order valence-corrected chi connectivity index (χ1v) is 7.19. The molecular weight excluding hydrogens is 280 g/mol. The quantitative estimate of drug-likeness (QED) is 0.686. The largest absolute Gasteiger partial charge is 0.383 e. The Morgan fingerprint density at radius 2 is 1.68 bits per heavy atom. The number of anilines is 1. The van der Waals surface area contributed by atoms with E-state index in [-0.39, 0.29) is 29.0 Å². The lowest BCUT2D eigenvalue weighted by Gasteiger charge is -2.23. The van der Waals surface area contributed by atoms with Crippen molar-refractivity contribution in [3.8, 4) is 0 Å². The zero-order chi connectivity index (χ0) is 16.3. The van der Waals surface area contributed by atoms with Gasteiger partial charge in [-0.15, -0.1) is 0 Å². The van der Waals surface area contributed by atoms with Gasteiger partial charge in [-0.3, -0.25) is 14.4 Å². The first-order chi connectivity index (χ1) is 10.4. The highest BCUT2D eigenvalue weighted by molar-refractivity contribution is 6.22. The molecule has 0 atom stereocenters. The van der Waals surface area contributed by atoms with Crippen LogP contribution in [0.4, 0.5) is 5.69 Å². The molecular formula is C17H20N2O3. The normalized spacial score (nSPS) is 18.1. The van der Waals surface area contributed by atoms with Crippen LogP contribution in [0.2, 0.25) is 0 Å². The van der Waals surface area contributed by atoms with Gasteiger partial charge in [-0.25, -0.2) is 0 Å². The highest BCUT2D eigenvalue weighted by atomic mass is 16.2. The number of benzene rings is 1. The van der Waals surface area contributed by atoms with Crippen LogP contribution >= 0.6 is 0 Å². The minimum Gasteiger partial charge on any atom is -0.383 e. The second-order valence-corrected chi connectivity index (χ2v) is 5.76. The lowest BCUT2D eigenvalue weighted by Crippen LogP contribution is -2.26. The number of amides is 1. The molecule has 0 aliphatic heterocycles. The number of hydrogen-bond acceptors (Lipinski definition) is 4. The third-order valence-corrected chi connectivity index (χ3v) is 3.55. The summed E-state index contributed by atoms with van der Waals surface area (Å²) in [7, 11) is 3.58. The van der Waals surface area contributed by atoms with Crippen LogP contribution in [0.5, 0.6) is 0 Å². The van der Waals surface area contributed by atoms with Crippen molar-refractivity contribution in [1.82, 2.24) is 4.90 Å². The molecule has 0 bridgehead atoms. The molecule has 2 rings (SSSR count). The van der Waals surface area contributed by atoms with E-state index < -0.39 is 0 Å². The Kier molecular flexibility index (Phi) is 4.75. The smallest absolute Gasteiger partial charge is 0.221 e. The predicted octanol–water partition coefficient (Wildman–Crippen LogP) is 2.11. The van der Waals surface area contributed by atoms with Crippen molar-refractivity contribution in [2.45, 2.75) is 25.7 Å². The zero-order valence-electron chi connectivity index (χ0n) is 13.1. The van der Waals surface area contributed by atoms with Gasteiger partial charge in [-0.2, -0.15) is 0 Å². The summed E-state index contributed by atoms with van der Waals surface area (Å²) >= 11 is 0. The van der Waals surface area contributed by atoms with Crippen LogP contribution < -0.4 is 5.32 Å². The Hall–Kier alpha value is -2.43. The van der Waals surface area contributed by atoms with E-state index in [9.17, 15) is 14.4 Å². The van der Waals surface area contributed by atoms with Crippen LogP contribution in [0.25, 0.3) is 0 Å². The van der Waals surface area contributed by atoms with E-state index >= 15 is 0 Å². The molecule has 0 unspecified atom stereocenters. The Morgan fingerprint density at radius 1 is 1.14 bits per heavy atom. The molecule has 5 nitrogen and oxygen atoms in total. The number of ketones is 2. The first-order valence-electron chi connectivity index (χ1n) is 7.19. The van der Waals surface area contributed by atoms with Gasteiger partial charge < -0.3 is 10.2 Å². The van der Waals surface area contributed by atoms with E-state index in [0.29, 0.717) is 18.5 Å². The highest BCUT2D eigenvalue weighted by Crippen LogP contribution is 2.32. The van der Waals surface area contributed by atoms with Gasteiger partial charge in [-0.1, -0.05) is 12.1 Å². The molecule has 1 aliphatic rings. The summed E-state index contributed by atoms with van der Waals surface area (Å²) in [6, 6.07) is 7.29. The van der Waals surface area contributed by atoms with Gasteiger partial charge in [0.1, 0.15) is 0 Å². The van der Waals surface area contributed by atoms with E-state index in [1.54, 1.807) is 37.3 Å². The molecule has 1 N–H and O–H groups in total. The Bertz CT molecular complexity index is 610. The van der Waals surface area contributed by atoms with E-state index in [1.165, 1.54) is 6.92 Å². The monoisotopic (exact) mass is 300 g/mol. The third-order valence-electron chi connectivity index (χ3n) is 3.55. The second-order valence-electron chi connectivity index (χ2n) is 5.76. The molecule has 0 saturated heterocycles. The SMILES string of the molecule is CC(=O)Nc1ccc(C2CC(=O)C(=CN(C)C)C(=O)C2)cc1. The second kappa shape index (κ2) is 6.56. The number of rotatable bonds is 3. The molecule has 1 fully saturated rings. The van der Waals surface area contributed by atoms with Crippen molar-refractivity contribution in [2.75, 3.05) is 19.4 Å². The third kappa shape index (κ3) is 3.81. The predicted molar refractivity (Wildman–Crippen MR) is 84.5 cm³/mol. The maximum absolute atomic E-state index is 12.2. The molecule has 0 aromatic heterocycles. The first kappa shape index (κ1) is 15.9. The Labute approximate surface area is 130 Å². The standard InChI is InChI=1S/C17H20N2O3/c1-11(20)18-14-6-4-12(5-7-14)13-8-16(21)15(10-19(2)3)17(22)9-13/h4-7,10,13H,8-9H2,1-3H3,(H,18,20). The van der Waals surface area contributed by atoms with Crippen molar-refractivity contribution in [2.24, 2.45) is 0 Å². The minimum absolute atomic E-state index is 0.0920. The molecule has 22 heavy (non-hydrogen) atoms. The van der Waals surface area contributed by atoms with Gasteiger partial charge in [0.05, 0.1) is 5.57 Å². The Morgan fingerprint density at radius 3 is 2.14 bits per heavy atom. The summed E-state index contributed by atoms with van der Waals surface area (Å²) in [5.74, 6) is -0.443. The van der Waals surface area contributed by atoms with Crippen LogP contribution in [0, 0.1) is 0 Å². The lowest BCUT2D eigenvalue weighted by atomic mass is 9.80. The molecule has 0 radical (unpaired) electrons. The number of carbonyl (C=O) groups excluding carboxylic acids is 3. The number of allylic oxidation sites excluding steroid dienone is 1. The topological polar surface area (TPSA) is 66.5 Å². The number of nitrogens with one attached hydrogen (secondary N) is 1. The summed E-state index contributed by atoms with van der Waals surface area (Å²) < 4.78 is 0. The summed E-state index contributed by atoms with van der Waals surface area (Å²) in [5, 5.41) is 2.69. The van der Waals surface area contributed by atoms with E-state index in [1.807, 2.05) is 12.1 Å². The van der Waals surface area contributed by atoms with Gasteiger partial charge in [0.25, 0.3) is 0 Å². The van der Waals surface area contributed by atoms with Crippen LogP contribution in [0.1, 0.15) is 31.2 Å². The average Bonchev–Trinajstić information content (AvgIpc) is 2.42. The number of hydrogen-bond donors (Lipinski definition) is 1. The number of Topliss-reactive ketones (excluding diaryl/α,β-unsaturated/α-hetero) is 2. The fraction of sp³-hybridized carbons (Fsp3) is 0.353.